The molecule has 0 bridgehead atoms. The lowest BCUT2D eigenvalue weighted by molar-refractivity contribution is -0.140. The van der Waals surface area contributed by atoms with E-state index in [2.05, 4.69) is 4.72 Å². The molecule has 0 amide bonds. The van der Waals surface area contributed by atoms with Crippen molar-refractivity contribution in [1.82, 2.24) is 9.03 Å². The number of piperidine rings is 1. The molecule has 4 atom stereocenters. The van der Waals surface area contributed by atoms with Crippen LogP contribution in [0.15, 0.2) is 0 Å². The molecule has 0 aromatic rings. The largest absolute Gasteiger partial charge is 0.480 e. The van der Waals surface area contributed by atoms with E-state index in [1.54, 1.807) is 6.92 Å². The topological polar surface area (TPSA) is 86.7 Å². The van der Waals surface area contributed by atoms with Gasteiger partial charge in [-0.05, 0) is 24.2 Å². The first-order valence-electron chi connectivity index (χ1n) is 7.17. The Balaban J connectivity index is 2.84. The third kappa shape index (κ3) is 4.43. The van der Waals surface area contributed by atoms with E-state index >= 15 is 0 Å². The first-order valence-corrected chi connectivity index (χ1v) is 8.61. The number of carbonyl (C=O) groups is 1. The first-order chi connectivity index (χ1) is 9.17. The highest BCUT2D eigenvalue weighted by Gasteiger charge is 2.35. The fourth-order valence-electron chi connectivity index (χ4n) is 2.68. The van der Waals surface area contributed by atoms with Crippen molar-refractivity contribution < 1.29 is 18.3 Å². The molecule has 20 heavy (non-hydrogen) atoms. The summed E-state index contributed by atoms with van der Waals surface area (Å²) >= 11 is 0. The van der Waals surface area contributed by atoms with Gasteiger partial charge in [-0.25, -0.2) is 0 Å². The van der Waals surface area contributed by atoms with Crippen LogP contribution < -0.4 is 4.72 Å². The molecule has 1 fully saturated rings. The minimum atomic E-state index is -3.75. The zero-order valence-electron chi connectivity index (χ0n) is 12.7. The second-order valence-corrected chi connectivity index (χ2v) is 7.79. The highest BCUT2D eigenvalue weighted by Crippen LogP contribution is 2.23. The monoisotopic (exact) mass is 306 g/mol. The molecule has 2 N–H and O–H groups in total. The summed E-state index contributed by atoms with van der Waals surface area (Å²) in [5.41, 5.74) is 0. The van der Waals surface area contributed by atoms with E-state index in [1.807, 2.05) is 20.8 Å². The Hall–Kier alpha value is -0.660. The molecule has 7 heteroatoms. The summed E-state index contributed by atoms with van der Waals surface area (Å²) in [5, 5.41) is 9.19. The van der Waals surface area contributed by atoms with Crippen LogP contribution in [0.4, 0.5) is 0 Å². The molecule has 0 aliphatic carbocycles. The van der Waals surface area contributed by atoms with Crippen LogP contribution in [0.1, 0.15) is 40.5 Å². The van der Waals surface area contributed by atoms with Crippen LogP contribution in [-0.4, -0.2) is 42.9 Å². The van der Waals surface area contributed by atoms with Gasteiger partial charge in [-0.1, -0.05) is 34.1 Å². The van der Waals surface area contributed by atoms with Crippen LogP contribution in [0.2, 0.25) is 0 Å². The van der Waals surface area contributed by atoms with E-state index in [4.69, 9.17) is 0 Å². The van der Waals surface area contributed by atoms with Crippen LogP contribution in [0.5, 0.6) is 0 Å². The second kappa shape index (κ2) is 6.87. The van der Waals surface area contributed by atoms with E-state index < -0.39 is 22.2 Å². The zero-order valence-corrected chi connectivity index (χ0v) is 13.5. The Morgan fingerprint density at radius 3 is 2.25 bits per heavy atom. The maximum atomic E-state index is 12.4. The van der Waals surface area contributed by atoms with Gasteiger partial charge in [-0.2, -0.15) is 17.4 Å². The Morgan fingerprint density at radius 1 is 1.35 bits per heavy atom. The van der Waals surface area contributed by atoms with Crippen molar-refractivity contribution in [2.45, 2.75) is 46.6 Å². The van der Waals surface area contributed by atoms with Crippen LogP contribution in [0.3, 0.4) is 0 Å². The number of aliphatic carboxylic acids is 1. The van der Waals surface area contributed by atoms with E-state index in [0.717, 1.165) is 6.42 Å². The molecule has 0 aromatic heterocycles. The van der Waals surface area contributed by atoms with Gasteiger partial charge in [0.25, 0.3) is 10.2 Å². The minimum Gasteiger partial charge on any atom is -0.480 e. The average Bonchev–Trinajstić information content (AvgIpc) is 2.33. The molecule has 3 unspecified atom stereocenters. The van der Waals surface area contributed by atoms with Gasteiger partial charge < -0.3 is 5.11 Å². The smallest absolute Gasteiger partial charge is 0.322 e. The number of carboxylic acids is 1. The molecule has 1 aliphatic heterocycles. The summed E-state index contributed by atoms with van der Waals surface area (Å²) in [4.78, 5) is 11.2. The number of hydrogen-bond donors (Lipinski definition) is 2. The van der Waals surface area contributed by atoms with Crippen molar-refractivity contribution >= 4 is 16.2 Å². The predicted molar refractivity (Wildman–Crippen MR) is 77.5 cm³/mol. The van der Waals surface area contributed by atoms with Gasteiger partial charge in [0.05, 0.1) is 0 Å². The van der Waals surface area contributed by atoms with Crippen LogP contribution in [0.25, 0.3) is 0 Å². The van der Waals surface area contributed by atoms with Gasteiger partial charge >= 0.3 is 5.97 Å². The van der Waals surface area contributed by atoms with Gasteiger partial charge in [0, 0.05) is 13.1 Å². The van der Waals surface area contributed by atoms with Gasteiger partial charge in [-0.3, -0.25) is 4.79 Å². The molecular formula is C13H26N2O4S. The van der Waals surface area contributed by atoms with E-state index in [-0.39, 0.29) is 5.92 Å². The van der Waals surface area contributed by atoms with Crippen LogP contribution in [0, 0.1) is 17.8 Å². The minimum absolute atomic E-state index is 0.248. The molecule has 0 radical (unpaired) electrons. The molecule has 118 valence electrons. The zero-order chi connectivity index (χ0) is 15.5. The summed E-state index contributed by atoms with van der Waals surface area (Å²) in [7, 11) is -3.75. The first kappa shape index (κ1) is 17.4. The molecule has 0 spiro atoms. The quantitative estimate of drug-likeness (QED) is 0.774. The van der Waals surface area contributed by atoms with Crippen molar-refractivity contribution in [2.75, 3.05) is 13.1 Å². The standard InChI is InChI=1S/C13H26N2O4S/c1-5-11(4)12(13(16)17)14-20(18,19)15-7-9(2)6-10(3)8-15/h9-12,14H,5-8H2,1-4H3,(H,16,17)/t9?,10?,11?,12-/m0/s1. The summed E-state index contributed by atoms with van der Waals surface area (Å²) in [6.45, 7) is 8.52. The lowest BCUT2D eigenvalue weighted by Gasteiger charge is -2.35. The molecule has 0 aromatic carbocycles. The van der Waals surface area contributed by atoms with Gasteiger partial charge in [0.15, 0.2) is 0 Å². The average molecular weight is 306 g/mol. The maximum Gasteiger partial charge on any atom is 0.322 e. The highest BCUT2D eigenvalue weighted by molar-refractivity contribution is 7.87. The van der Waals surface area contributed by atoms with Crippen LogP contribution in [-0.2, 0) is 15.0 Å². The maximum absolute atomic E-state index is 12.4. The number of carboxylic acid groups (broad SMARTS) is 1. The van der Waals surface area contributed by atoms with Crippen molar-refractivity contribution in [3.05, 3.63) is 0 Å². The number of nitrogens with zero attached hydrogens (tertiary/aromatic N) is 1. The van der Waals surface area contributed by atoms with E-state index in [0.29, 0.717) is 31.3 Å². The number of rotatable bonds is 6. The highest BCUT2D eigenvalue weighted by atomic mass is 32.2. The summed E-state index contributed by atoms with van der Waals surface area (Å²) in [6.07, 6.45) is 1.60. The third-order valence-corrected chi connectivity index (χ3v) is 5.46. The molecule has 6 nitrogen and oxygen atoms in total. The molecule has 1 rings (SSSR count). The second-order valence-electron chi connectivity index (χ2n) is 6.09. The van der Waals surface area contributed by atoms with E-state index in [1.165, 1.54) is 4.31 Å². The Morgan fingerprint density at radius 2 is 1.85 bits per heavy atom. The van der Waals surface area contributed by atoms with Gasteiger partial charge in [-0.15, -0.1) is 0 Å². The lowest BCUT2D eigenvalue weighted by Crippen LogP contribution is -2.53. The predicted octanol–water partition coefficient (Wildman–Crippen LogP) is 1.30. The van der Waals surface area contributed by atoms with E-state index in [9.17, 15) is 18.3 Å². The number of nitrogens with one attached hydrogen (secondary N) is 1. The Labute approximate surface area is 121 Å². The lowest BCUT2D eigenvalue weighted by atomic mass is 9.94. The number of hydrogen-bond acceptors (Lipinski definition) is 3. The fraction of sp³-hybridized carbons (Fsp3) is 0.923. The van der Waals surface area contributed by atoms with Crippen molar-refractivity contribution in [3.8, 4) is 0 Å². The summed E-state index contributed by atoms with van der Waals surface area (Å²) < 4.78 is 28.5. The normalized spacial score (nSPS) is 28.0. The molecule has 0 saturated carbocycles. The summed E-state index contributed by atoms with van der Waals surface area (Å²) in [6, 6.07) is -1.07. The Bertz CT molecular complexity index is 428. The molecule has 1 heterocycles. The molecular weight excluding hydrogens is 280 g/mol. The molecule has 1 saturated heterocycles. The van der Waals surface area contributed by atoms with Crippen molar-refractivity contribution in [1.29, 1.82) is 0 Å². The SMILES string of the molecule is CCC(C)[C@H](NS(=O)(=O)N1CC(C)CC(C)C1)C(=O)O. The fourth-order valence-corrected chi connectivity index (χ4v) is 4.39. The molecule has 1 aliphatic rings. The third-order valence-electron chi connectivity index (χ3n) is 3.93. The van der Waals surface area contributed by atoms with Crippen molar-refractivity contribution in [3.63, 3.8) is 0 Å². The van der Waals surface area contributed by atoms with Crippen LogP contribution >= 0.6 is 0 Å². The Kier molecular flexibility index (Phi) is 5.97. The summed E-state index contributed by atoms with van der Waals surface area (Å²) in [5.74, 6) is -0.785. The van der Waals surface area contributed by atoms with Crippen molar-refractivity contribution in [2.24, 2.45) is 17.8 Å². The van der Waals surface area contributed by atoms with Gasteiger partial charge in [0.2, 0.25) is 0 Å². The van der Waals surface area contributed by atoms with Gasteiger partial charge in [0.1, 0.15) is 6.04 Å².